The molecule has 1 atom stereocenters. The average molecular weight is 314 g/mol. The van der Waals surface area contributed by atoms with E-state index >= 15 is 0 Å². The summed E-state index contributed by atoms with van der Waals surface area (Å²) >= 11 is 0. The van der Waals surface area contributed by atoms with Crippen molar-refractivity contribution in [3.05, 3.63) is 54.6 Å². The van der Waals surface area contributed by atoms with Crippen LogP contribution in [0.1, 0.15) is 5.56 Å². The van der Waals surface area contributed by atoms with Crippen molar-refractivity contribution in [2.24, 2.45) is 0 Å². The monoisotopic (exact) mass is 314 g/mol. The molecule has 1 aromatic heterocycles. The summed E-state index contributed by atoms with van der Waals surface area (Å²) in [6.45, 7) is 3.18. The van der Waals surface area contributed by atoms with Gasteiger partial charge in [0.05, 0.1) is 19.0 Å². The van der Waals surface area contributed by atoms with Crippen molar-refractivity contribution in [3.63, 3.8) is 0 Å². The third kappa shape index (κ3) is 4.56. The molecule has 1 aromatic carbocycles. The van der Waals surface area contributed by atoms with Crippen molar-refractivity contribution >= 4 is 6.03 Å². The van der Waals surface area contributed by atoms with Crippen LogP contribution in [-0.4, -0.2) is 52.8 Å². The van der Waals surface area contributed by atoms with Crippen LogP contribution in [0.4, 0.5) is 4.79 Å². The molecule has 0 spiro atoms. The number of aromatic nitrogens is 2. The molecule has 3 rings (SSSR count). The Morgan fingerprint density at radius 3 is 3.00 bits per heavy atom. The van der Waals surface area contributed by atoms with Crippen molar-refractivity contribution in [1.29, 1.82) is 0 Å². The van der Waals surface area contributed by atoms with Gasteiger partial charge in [0.25, 0.3) is 0 Å². The topological polar surface area (TPSA) is 59.4 Å². The molecule has 1 aliphatic rings. The van der Waals surface area contributed by atoms with E-state index in [2.05, 4.69) is 22.4 Å². The SMILES string of the molecule is O=C(NCCn1ccnc1)N1CCOC(Cc2ccccc2)C1. The van der Waals surface area contributed by atoms with Gasteiger partial charge in [-0.1, -0.05) is 30.3 Å². The normalized spacial score (nSPS) is 17.9. The lowest BCUT2D eigenvalue weighted by atomic mass is 10.1. The number of hydrogen-bond donors (Lipinski definition) is 1. The molecular weight excluding hydrogens is 292 g/mol. The molecule has 122 valence electrons. The van der Waals surface area contributed by atoms with Gasteiger partial charge < -0.3 is 19.5 Å². The second-order valence-electron chi connectivity index (χ2n) is 5.66. The van der Waals surface area contributed by atoms with Gasteiger partial charge in [-0.3, -0.25) is 0 Å². The molecule has 0 saturated carbocycles. The van der Waals surface area contributed by atoms with E-state index in [1.54, 1.807) is 12.5 Å². The standard InChI is InChI=1S/C17H22N4O2/c22-17(19-7-9-20-8-6-18-14-20)21-10-11-23-16(13-21)12-15-4-2-1-3-5-15/h1-6,8,14,16H,7,9-13H2,(H,19,22). The van der Waals surface area contributed by atoms with Gasteiger partial charge in [0.2, 0.25) is 0 Å². The van der Waals surface area contributed by atoms with Crippen molar-refractivity contribution in [2.45, 2.75) is 19.1 Å². The molecule has 1 unspecified atom stereocenters. The minimum Gasteiger partial charge on any atom is -0.374 e. The zero-order valence-corrected chi connectivity index (χ0v) is 13.1. The number of nitrogens with one attached hydrogen (secondary N) is 1. The van der Waals surface area contributed by atoms with Crippen LogP contribution in [0.3, 0.4) is 0 Å². The van der Waals surface area contributed by atoms with Crippen LogP contribution in [0.2, 0.25) is 0 Å². The number of amides is 2. The summed E-state index contributed by atoms with van der Waals surface area (Å²) in [7, 11) is 0. The van der Waals surface area contributed by atoms with Gasteiger partial charge in [-0.05, 0) is 5.56 Å². The number of nitrogens with zero attached hydrogens (tertiary/aromatic N) is 3. The van der Waals surface area contributed by atoms with Gasteiger partial charge in [0.15, 0.2) is 0 Å². The van der Waals surface area contributed by atoms with E-state index < -0.39 is 0 Å². The van der Waals surface area contributed by atoms with E-state index in [1.807, 2.05) is 33.9 Å². The first kappa shape index (κ1) is 15.6. The fraction of sp³-hybridized carbons (Fsp3) is 0.412. The summed E-state index contributed by atoms with van der Waals surface area (Å²) in [5.41, 5.74) is 1.24. The lowest BCUT2D eigenvalue weighted by molar-refractivity contribution is -0.0132. The van der Waals surface area contributed by atoms with E-state index in [0.29, 0.717) is 26.2 Å². The first-order valence-electron chi connectivity index (χ1n) is 7.95. The molecule has 1 N–H and O–H groups in total. The Morgan fingerprint density at radius 1 is 1.35 bits per heavy atom. The van der Waals surface area contributed by atoms with Gasteiger partial charge >= 0.3 is 6.03 Å². The van der Waals surface area contributed by atoms with Crippen LogP contribution < -0.4 is 5.32 Å². The summed E-state index contributed by atoms with van der Waals surface area (Å²) in [5, 5.41) is 2.96. The fourth-order valence-corrected chi connectivity index (χ4v) is 2.73. The van der Waals surface area contributed by atoms with Gasteiger partial charge in [-0.2, -0.15) is 0 Å². The van der Waals surface area contributed by atoms with Crippen LogP contribution in [0.25, 0.3) is 0 Å². The molecule has 1 aliphatic heterocycles. The molecule has 23 heavy (non-hydrogen) atoms. The van der Waals surface area contributed by atoms with Crippen LogP contribution in [0, 0.1) is 0 Å². The molecule has 2 heterocycles. The van der Waals surface area contributed by atoms with Gasteiger partial charge in [-0.25, -0.2) is 9.78 Å². The van der Waals surface area contributed by atoms with Crippen LogP contribution >= 0.6 is 0 Å². The molecule has 1 fully saturated rings. The second-order valence-corrected chi connectivity index (χ2v) is 5.66. The molecule has 0 aliphatic carbocycles. The van der Waals surface area contributed by atoms with E-state index in [9.17, 15) is 4.79 Å². The highest BCUT2D eigenvalue weighted by atomic mass is 16.5. The lowest BCUT2D eigenvalue weighted by Gasteiger charge is -2.33. The lowest BCUT2D eigenvalue weighted by Crippen LogP contribution is -2.50. The predicted molar refractivity (Wildman–Crippen MR) is 87.1 cm³/mol. The Hall–Kier alpha value is -2.34. The third-order valence-electron chi connectivity index (χ3n) is 3.94. The third-order valence-corrected chi connectivity index (χ3v) is 3.94. The van der Waals surface area contributed by atoms with Crippen LogP contribution in [-0.2, 0) is 17.7 Å². The maximum absolute atomic E-state index is 12.3. The first-order chi connectivity index (χ1) is 11.3. The molecular formula is C17H22N4O2. The summed E-state index contributed by atoms with van der Waals surface area (Å²) in [5.74, 6) is 0. The maximum Gasteiger partial charge on any atom is 0.317 e. The second kappa shape index (κ2) is 7.78. The first-order valence-corrected chi connectivity index (χ1v) is 7.95. The Bertz CT molecular complexity index is 600. The molecule has 6 heteroatoms. The van der Waals surface area contributed by atoms with Crippen molar-refractivity contribution in [2.75, 3.05) is 26.2 Å². The van der Waals surface area contributed by atoms with Gasteiger partial charge in [-0.15, -0.1) is 0 Å². The van der Waals surface area contributed by atoms with Crippen LogP contribution in [0.5, 0.6) is 0 Å². The smallest absolute Gasteiger partial charge is 0.317 e. The number of imidazole rings is 1. The number of morpholine rings is 1. The number of carbonyl (C=O) groups is 1. The number of hydrogen-bond acceptors (Lipinski definition) is 3. The van der Waals surface area contributed by atoms with Crippen molar-refractivity contribution in [1.82, 2.24) is 19.8 Å². The molecule has 2 amide bonds. The average Bonchev–Trinajstić information content (AvgIpc) is 3.09. The Morgan fingerprint density at radius 2 is 2.22 bits per heavy atom. The number of carbonyl (C=O) groups excluding carboxylic acids is 1. The molecule has 2 aromatic rings. The quantitative estimate of drug-likeness (QED) is 0.910. The highest BCUT2D eigenvalue weighted by molar-refractivity contribution is 5.74. The summed E-state index contributed by atoms with van der Waals surface area (Å²) < 4.78 is 7.73. The molecule has 1 saturated heterocycles. The fourth-order valence-electron chi connectivity index (χ4n) is 2.73. The number of benzene rings is 1. The van der Waals surface area contributed by atoms with E-state index in [0.717, 1.165) is 13.0 Å². The Kier molecular flexibility index (Phi) is 5.26. The number of urea groups is 1. The number of rotatable bonds is 5. The highest BCUT2D eigenvalue weighted by Gasteiger charge is 2.24. The highest BCUT2D eigenvalue weighted by Crippen LogP contribution is 2.11. The van der Waals surface area contributed by atoms with E-state index in [-0.39, 0.29) is 12.1 Å². The summed E-state index contributed by atoms with van der Waals surface area (Å²) in [6.07, 6.45) is 6.26. The summed E-state index contributed by atoms with van der Waals surface area (Å²) in [4.78, 5) is 18.1. The predicted octanol–water partition coefficient (Wildman–Crippen LogP) is 1.54. The molecule has 0 radical (unpaired) electrons. The van der Waals surface area contributed by atoms with Gasteiger partial charge in [0, 0.05) is 45.0 Å². The zero-order valence-electron chi connectivity index (χ0n) is 13.1. The Balaban J connectivity index is 1.44. The van der Waals surface area contributed by atoms with E-state index in [4.69, 9.17) is 4.74 Å². The van der Waals surface area contributed by atoms with Crippen molar-refractivity contribution in [3.8, 4) is 0 Å². The van der Waals surface area contributed by atoms with Crippen LogP contribution in [0.15, 0.2) is 49.1 Å². The van der Waals surface area contributed by atoms with Gasteiger partial charge in [0.1, 0.15) is 0 Å². The zero-order chi connectivity index (χ0) is 15.9. The largest absolute Gasteiger partial charge is 0.374 e. The minimum absolute atomic E-state index is 0.0218. The van der Waals surface area contributed by atoms with E-state index in [1.165, 1.54) is 5.56 Å². The summed E-state index contributed by atoms with van der Waals surface area (Å²) in [6, 6.07) is 10.2. The number of ether oxygens (including phenoxy) is 1. The Labute approximate surface area is 136 Å². The maximum atomic E-state index is 12.3. The molecule has 0 bridgehead atoms. The minimum atomic E-state index is -0.0218. The molecule has 6 nitrogen and oxygen atoms in total. The van der Waals surface area contributed by atoms with Crippen molar-refractivity contribution < 1.29 is 9.53 Å².